The van der Waals surface area contributed by atoms with Crippen LogP contribution in [-0.4, -0.2) is 76.2 Å². The van der Waals surface area contributed by atoms with Crippen LogP contribution in [0.15, 0.2) is 24.3 Å². The number of hydrogen-bond acceptors (Lipinski definition) is 6. The van der Waals surface area contributed by atoms with Crippen molar-refractivity contribution in [2.24, 2.45) is 0 Å². The predicted octanol–water partition coefficient (Wildman–Crippen LogP) is 2.06. The molecule has 0 spiro atoms. The Morgan fingerprint density at radius 3 is 2.41 bits per heavy atom. The third kappa shape index (κ3) is 8.13. The van der Waals surface area contributed by atoms with E-state index in [1.54, 1.807) is 50.3 Å². The van der Waals surface area contributed by atoms with Crippen molar-refractivity contribution in [3.63, 3.8) is 0 Å². The number of carbonyl (C=O) groups is 2. The first kappa shape index (κ1) is 22.5. The zero-order valence-electron chi connectivity index (χ0n) is 16.9. The maximum atomic E-state index is 12.7. The van der Waals surface area contributed by atoms with Gasteiger partial charge in [-0.15, -0.1) is 0 Å². The summed E-state index contributed by atoms with van der Waals surface area (Å²) >= 11 is 0. The van der Waals surface area contributed by atoms with Gasteiger partial charge in [0.15, 0.2) is 0 Å². The van der Waals surface area contributed by atoms with Crippen LogP contribution in [0.5, 0.6) is 11.5 Å². The minimum absolute atomic E-state index is 0.170. The molecule has 0 saturated carbocycles. The molecule has 0 aliphatic rings. The van der Waals surface area contributed by atoms with Crippen molar-refractivity contribution < 1.29 is 23.8 Å². The maximum absolute atomic E-state index is 12.7. The lowest BCUT2D eigenvalue weighted by Crippen LogP contribution is -2.37. The van der Waals surface area contributed by atoms with Crippen molar-refractivity contribution in [3.05, 3.63) is 29.8 Å². The van der Waals surface area contributed by atoms with Gasteiger partial charge in [0, 0.05) is 31.3 Å². The summed E-state index contributed by atoms with van der Waals surface area (Å²) in [7, 11) is 7.03. The molecule has 0 bridgehead atoms. The molecule has 0 heterocycles. The summed E-state index contributed by atoms with van der Waals surface area (Å²) in [6.45, 7) is 3.62. The number of methoxy groups -OCH3 is 2. The summed E-state index contributed by atoms with van der Waals surface area (Å²) < 4.78 is 15.5. The Morgan fingerprint density at radius 2 is 1.81 bits per heavy atom. The molecule has 0 saturated heterocycles. The van der Waals surface area contributed by atoms with E-state index in [9.17, 15) is 9.59 Å². The lowest BCUT2D eigenvalue weighted by molar-refractivity contribution is -0.143. The number of nitrogens with zero attached hydrogens (tertiary/aromatic N) is 2. The van der Waals surface area contributed by atoms with Gasteiger partial charge in [-0.05, 0) is 45.3 Å². The normalized spacial score (nSPS) is 10.9. The third-order valence-corrected chi connectivity index (χ3v) is 3.86. The molecular weight excluding hydrogens is 348 g/mol. The van der Waals surface area contributed by atoms with E-state index >= 15 is 0 Å². The van der Waals surface area contributed by atoms with Crippen molar-refractivity contribution in [2.45, 2.75) is 13.3 Å². The highest BCUT2D eigenvalue weighted by molar-refractivity contribution is 5.92. The van der Waals surface area contributed by atoms with Gasteiger partial charge in [0.05, 0.1) is 27.2 Å². The Bertz CT molecular complexity index is 643. The van der Waals surface area contributed by atoms with Crippen LogP contribution < -0.4 is 9.47 Å². The number of rotatable bonds is 11. The Labute approximate surface area is 161 Å². The molecule has 0 aliphatic heterocycles. The van der Waals surface area contributed by atoms with Crippen molar-refractivity contribution in [3.8, 4) is 11.5 Å². The summed E-state index contributed by atoms with van der Waals surface area (Å²) in [5.74, 6) is 0.838. The SMILES string of the molecule is CCOC(=O)CCN(CCN(C)C)C(=O)/C=C/c1cc(OC)ccc1OC. The number of likely N-dealkylation sites (N-methyl/N-ethyl adjacent to an activating group) is 1. The Kier molecular flexibility index (Phi) is 9.96. The van der Waals surface area contributed by atoms with Crippen molar-refractivity contribution in [2.75, 3.05) is 54.6 Å². The summed E-state index contributed by atoms with van der Waals surface area (Å²) in [5.41, 5.74) is 0.739. The van der Waals surface area contributed by atoms with Gasteiger partial charge in [-0.25, -0.2) is 0 Å². The summed E-state index contributed by atoms with van der Waals surface area (Å²) in [6, 6.07) is 5.37. The number of ether oxygens (including phenoxy) is 3. The quantitative estimate of drug-likeness (QED) is 0.434. The highest BCUT2D eigenvalue weighted by atomic mass is 16.5. The van der Waals surface area contributed by atoms with Gasteiger partial charge in [0.25, 0.3) is 0 Å². The standard InChI is InChI=1S/C20H30N2O5/c1-6-27-20(24)11-12-22(14-13-21(2)3)19(23)10-7-16-15-17(25-4)8-9-18(16)26-5/h7-10,15H,6,11-14H2,1-5H3/b10-7+. The average molecular weight is 378 g/mol. The zero-order chi connectivity index (χ0) is 20.2. The van der Waals surface area contributed by atoms with Gasteiger partial charge >= 0.3 is 5.97 Å². The molecular formula is C20H30N2O5. The summed E-state index contributed by atoms with van der Waals surface area (Å²) in [6.07, 6.45) is 3.35. The van der Waals surface area contributed by atoms with E-state index in [4.69, 9.17) is 14.2 Å². The molecule has 0 atom stereocenters. The van der Waals surface area contributed by atoms with Crippen LogP contribution in [-0.2, 0) is 14.3 Å². The minimum Gasteiger partial charge on any atom is -0.497 e. The molecule has 0 N–H and O–H groups in total. The number of hydrogen-bond donors (Lipinski definition) is 0. The number of esters is 1. The number of amides is 1. The van der Waals surface area contributed by atoms with Crippen LogP contribution in [0.4, 0.5) is 0 Å². The van der Waals surface area contributed by atoms with Crippen LogP contribution >= 0.6 is 0 Å². The maximum Gasteiger partial charge on any atom is 0.307 e. The molecule has 0 unspecified atom stereocenters. The van der Waals surface area contributed by atoms with Gasteiger partial charge in [0.2, 0.25) is 5.91 Å². The molecule has 7 nitrogen and oxygen atoms in total. The molecule has 1 aromatic carbocycles. The fourth-order valence-electron chi connectivity index (χ4n) is 2.35. The Hall–Kier alpha value is -2.54. The molecule has 1 amide bonds. The van der Waals surface area contributed by atoms with E-state index in [0.29, 0.717) is 37.7 Å². The smallest absolute Gasteiger partial charge is 0.307 e. The van der Waals surface area contributed by atoms with Crippen LogP contribution in [0.1, 0.15) is 18.9 Å². The number of carbonyl (C=O) groups excluding carboxylic acids is 2. The molecule has 7 heteroatoms. The van der Waals surface area contributed by atoms with Crippen molar-refractivity contribution in [1.82, 2.24) is 9.80 Å². The highest BCUT2D eigenvalue weighted by Gasteiger charge is 2.14. The highest BCUT2D eigenvalue weighted by Crippen LogP contribution is 2.25. The van der Waals surface area contributed by atoms with Gasteiger partial charge < -0.3 is 24.0 Å². The van der Waals surface area contributed by atoms with Gasteiger partial charge in [-0.3, -0.25) is 9.59 Å². The molecule has 0 aromatic heterocycles. The summed E-state index contributed by atoms with van der Waals surface area (Å²) in [5, 5.41) is 0. The molecule has 1 aromatic rings. The Morgan fingerprint density at radius 1 is 1.07 bits per heavy atom. The first-order chi connectivity index (χ1) is 12.9. The predicted molar refractivity (Wildman–Crippen MR) is 105 cm³/mol. The first-order valence-electron chi connectivity index (χ1n) is 8.90. The second-order valence-corrected chi connectivity index (χ2v) is 6.12. The fourth-order valence-corrected chi connectivity index (χ4v) is 2.35. The van der Waals surface area contributed by atoms with E-state index in [1.807, 2.05) is 19.0 Å². The first-order valence-corrected chi connectivity index (χ1v) is 8.90. The topological polar surface area (TPSA) is 68.3 Å². The monoisotopic (exact) mass is 378 g/mol. The zero-order valence-corrected chi connectivity index (χ0v) is 16.9. The molecule has 150 valence electrons. The van der Waals surface area contributed by atoms with Gasteiger partial charge in [-0.2, -0.15) is 0 Å². The van der Waals surface area contributed by atoms with Crippen LogP contribution in [0.25, 0.3) is 6.08 Å². The van der Waals surface area contributed by atoms with E-state index in [0.717, 1.165) is 5.56 Å². The molecule has 0 fully saturated rings. The van der Waals surface area contributed by atoms with Crippen LogP contribution in [0.3, 0.4) is 0 Å². The average Bonchev–Trinajstić information content (AvgIpc) is 2.65. The van der Waals surface area contributed by atoms with E-state index in [-0.39, 0.29) is 18.3 Å². The van der Waals surface area contributed by atoms with Gasteiger partial charge in [-0.1, -0.05) is 0 Å². The molecule has 27 heavy (non-hydrogen) atoms. The molecule has 0 aliphatic carbocycles. The minimum atomic E-state index is -0.307. The lowest BCUT2D eigenvalue weighted by atomic mass is 10.1. The number of benzene rings is 1. The third-order valence-electron chi connectivity index (χ3n) is 3.86. The van der Waals surface area contributed by atoms with E-state index in [2.05, 4.69) is 0 Å². The second kappa shape index (κ2) is 12.0. The largest absolute Gasteiger partial charge is 0.497 e. The van der Waals surface area contributed by atoms with Crippen LogP contribution in [0.2, 0.25) is 0 Å². The fraction of sp³-hybridized carbons (Fsp3) is 0.500. The second-order valence-electron chi connectivity index (χ2n) is 6.12. The summed E-state index contributed by atoms with van der Waals surface area (Å²) in [4.78, 5) is 27.9. The lowest BCUT2D eigenvalue weighted by Gasteiger charge is -2.23. The van der Waals surface area contributed by atoms with E-state index in [1.165, 1.54) is 6.08 Å². The van der Waals surface area contributed by atoms with Crippen molar-refractivity contribution >= 4 is 18.0 Å². The Balaban J connectivity index is 2.87. The van der Waals surface area contributed by atoms with Crippen molar-refractivity contribution in [1.29, 1.82) is 0 Å². The van der Waals surface area contributed by atoms with Crippen LogP contribution in [0, 0.1) is 0 Å². The van der Waals surface area contributed by atoms with Gasteiger partial charge in [0.1, 0.15) is 11.5 Å². The van der Waals surface area contributed by atoms with E-state index < -0.39 is 0 Å². The molecule has 0 radical (unpaired) electrons. The molecule has 1 rings (SSSR count).